The van der Waals surface area contributed by atoms with Crippen molar-refractivity contribution in [2.45, 2.75) is 25.2 Å². The number of rotatable bonds is 6. The SMILES string of the molecule is O=C(COCc1ccccc1)N1CCC(O)(Cn2ccnn2)C1. The Labute approximate surface area is 134 Å². The normalized spacial score (nSPS) is 20.8. The Morgan fingerprint density at radius 2 is 2.17 bits per heavy atom. The van der Waals surface area contributed by atoms with Crippen LogP contribution in [0.4, 0.5) is 0 Å². The van der Waals surface area contributed by atoms with Crippen molar-refractivity contribution in [2.24, 2.45) is 0 Å². The molecule has 3 rings (SSSR count). The summed E-state index contributed by atoms with van der Waals surface area (Å²) >= 11 is 0. The van der Waals surface area contributed by atoms with Crippen LogP contribution in [0.5, 0.6) is 0 Å². The largest absolute Gasteiger partial charge is 0.386 e. The Kier molecular flexibility index (Phi) is 4.68. The molecule has 23 heavy (non-hydrogen) atoms. The van der Waals surface area contributed by atoms with E-state index in [9.17, 15) is 9.90 Å². The minimum absolute atomic E-state index is 0.0221. The second-order valence-corrected chi connectivity index (χ2v) is 5.87. The highest BCUT2D eigenvalue weighted by Gasteiger charge is 2.38. The first kappa shape index (κ1) is 15.6. The number of carbonyl (C=O) groups is 1. The molecule has 1 aromatic carbocycles. The molecule has 0 radical (unpaired) electrons. The first-order valence-corrected chi connectivity index (χ1v) is 7.61. The minimum atomic E-state index is -0.956. The molecule has 0 aliphatic carbocycles. The fourth-order valence-electron chi connectivity index (χ4n) is 2.74. The number of amides is 1. The number of aromatic nitrogens is 3. The quantitative estimate of drug-likeness (QED) is 0.837. The van der Waals surface area contributed by atoms with E-state index < -0.39 is 5.60 Å². The number of nitrogens with zero attached hydrogens (tertiary/aromatic N) is 4. The van der Waals surface area contributed by atoms with E-state index in [0.717, 1.165) is 5.56 Å². The highest BCUT2D eigenvalue weighted by atomic mass is 16.5. The van der Waals surface area contributed by atoms with E-state index in [4.69, 9.17) is 4.74 Å². The van der Waals surface area contributed by atoms with Crippen LogP contribution in [0, 0.1) is 0 Å². The first-order chi connectivity index (χ1) is 11.1. The Morgan fingerprint density at radius 1 is 1.35 bits per heavy atom. The van der Waals surface area contributed by atoms with Crippen LogP contribution in [0.25, 0.3) is 0 Å². The van der Waals surface area contributed by atoms with Crippen molar-refractivity contribution in [1.82, 2.24) is 19.9 Å². The van der Waals surface area contributed by atoms with Gasteiger partial charge in [-0.2, -0.15) is 0 Å². The van der Waals surface area contributed by atoms with Crippen LogP contribution in [-0.2, 0) is 22.7 Å². The van der Waals surface area contributed by atoms with Crippen molar-refractivity contribution in [3.8, 4) is 0 Å². The number of benzene rings is 1. The Hall–Kier alpha value is -2.25. The smallest absolute Gasteiger partial charge is 0.248 e. The molecule has 122 valence electrons. The average Bonchev–Trinajstić information content (AvgIpc) is 3.18. The number of hydrogen-bond acceptors (Lipinski definition) is 5. The standard InChI is InChI=1S/C16H20N4O3/c21-15(11-23-10-14-4-2-1-3-5-14)19-8-6-16(22,12-19)13-20-9-7-17-18-20/h1-5,7,9,22H,6,8,10-13H2. The Bertz CT molecular complexity index is 632. The van der Waals surface area contributed by atoms with Crippen molar-refractivity contribution in [2.75, 3.05) is 19.7 Å². The molecule has 1 saturated heterocycles. The third kappa shape index (κ3) is 4.14. The van der Waals surface area contributed by atoms with Gasteiger partial charge in [0.25, 0.3) is 0 Å². The molecular weight excluding hydrogens is 296 g/mol. The molecule has 0 saturated carbocycles. The maximum atomic E-state index is 12.2. The van der Waals surface area contributed by atoms with Crippen molar-refractivity contribution in [1.29, 1.82) is 0 Å². The highest BCUT2D eigenvalue weighted by Crippen LogP contribution is 2.23. The minimum Gasteiger partial charge on any atom is -0.386 e. The Balaban J connectivity index is 1.45. The van der Waals surface area contributed by atoms with Gasteiger partial charge in [-0.3, -0.25) is 4.79 Å². The van der Waals surface area contributed by atoms with Crippen LogP contribution in [0.1, 0.15) is 12.0 Å². The maximum absolute atomic E-state index is 12.2. The van der Waals surface area contributed by atoms with Gasteiger partial charge in [0.15, 0.2) is 0 Å². The zero-order valence-electron chi connectivity index (χ0n) is 12.8. The van der Waals surface area contributed by atoms with Gasteiger partial charge in [0.2, 0.25) is 5.91 Å². The summed E-state index contributed by atoms with van der Waals surface area (Å²) in [5.41, 5.74) is 0.0763. The van der Waals surface area contributed by atoms with E-state index in [0.29, 0.717) is 32.7 Å². The van der Waals surface area contributed by atoms with Gasteiger partial charge in [0.05, 0.1) is 25.9 Å². The van der Waals surface area contributed by atoms with Crippen LogP contribution < -0.4 is 0 Å². The second kappa shape index (κ2) is 6.89. The number of ether oxygens (including phenoxy) is 1. The van der Waals surface area contributed by atoms with Crippen molar-refractivity contribution < 1.29 is 14.6 Å². The lowest BCUT2D eigenvalue weighted by molar-refractivity contribution is -0.136. The fraction of sp³-hybridized carbons (Fsp3) is 0.438. The summed E-state index contributed by atoms with van der Waals surface area (Å²) in [6, 6.07) is 9.72. The summed E-state index contributed by atoms with van der Waals surface area (Å²) in [7, 11) is 0. The molecule has 2 heterocycles. The van der Waals surface area contributed by atoms with Crippen molar-refractivity contribution in [3.63, 3.8) is 0 Å². The van der Waals surface area contributed by atoms with Crippen LogP contribution in [0.2, 0.25) is 0 Å². The maximum Gasteiger partial charge on any atom is 0.248 e. The topological polar surface area (TPSA) is 80.5 Å². The zero-order chi connectivity index (χ0) is 16.1. The molecule has 7 heteroatoms. The second-order valence-electron chi connectivity index (χ2n) is 5.87. The summed E-state index contributed by atoms with van der Waals surface area (Å²) in [6.45, 7) is 1.58. The third-order valence-electron chi connectivity index (χ3n) is 3.95. The van der Waals surface area contributed by atoms with E-state index in [1.807, 2.05) is 30.3 Å². The molecule has 7 nitrogen and oxygen atoms in total. The molecule has 0 spiro atoms. The number of aliphatic hydroxyl groups is 1. The van der Waals surface area contributed by atoms with Gasteiger partial charge in [-0.25, -0.2) is 4.68 Å². The molecule has 1 fully saturated rings. The summed E-state index contributed by atoms with van der Waals surface area (Å²) in [4.78, 5) is 13.8. The molecule has 1 aliphatic heterocycles. The fourth-order valence-corrected chi connectivity index (χ4v) is 2.74. The van der Waals surface area contributed by atoms with Crippen LogP contribution in [0.3, 0.4) is 0 Å². The summed E-state index contributed by atoms with van der Waals surface area (Å²) in [6.07, 6.45) is 3.79. The lowest BCUT2D eigenvalue weighted by Gasteiger charge is -2.23. The molecular formula is C16H20N4O3. The van der Waals surface area contributed by atoms with Crippen LogP contribution in [0.15, 0.2) is 42.7 Å². The van der Waals surface area contributed by atoms with E-state index in [1.54, 1.807) is 22.0 Å². The molecule has 0 bridgehead atoms. The average molecular weight is 316 g/mol. The summed E-state index contributed by atoms with van der Waals surface area (Å²) in [5.74, 6) is -0.101. The van der Waals surface area contributed by atoms with Gasteiger partial charge < -0.3 is 14.7 Å². The van der Waals surface area contributed by atoms with Gasteiger partial charge in [-0.1, -0.05) is 35.5 Å². The van der Waals surface area contributed by atoms with E-state index >= 15 is 0 Å². The van der Waals surface area contributed by atoms with Gasteiger partial charge in [0.1, 0.15) is 12.2 Å². The monoisotopic (exact) mass is 316 g/mol. The number of likely N-dealkylation sites (tertiary alicyclic amines) is 1. The summed E-state index contributed by atoms with van der Waals surface area (Å²) < 4.78 is 7.05. The molecule has 1 N–H and O–H groups in total. The molecule has 1 aromatic heterocycles. The molecule has 1 aliphatic rings. The van der Waals surface area contributed by atoms with Gasteiger partial charge >= 0.3 is 0 Å². The van der Waals surface area contributed by atoms with Crippen molar-refractivity contribution >= 4 is 5.91 Å². The summed E-state index contributed by atoms with van der Waals surface area (Å²) in [5, 5.41) is 18.1. The van der Waals surface area contributed by atoms with Gasteiger partial charge in [-0.05, 0) is 12.0 Å². The molecule has 2 aromatic rings. The van der Waals surface area contributed by atoms with E-state index in [2.05, 4.69) is 10.3 Å². The van der Waals surface area contributed by atoms with E-state index in [-0.39, 0.29) is 12.5 Å². The number of hydrogen-bond donors (Lipinski definition) is 1. The van der Waals surface area contributed by atoms with Crippen molar-refractivity contribution in [3.05, 3.63) is 48.3 Å². The predicted octanol–water partition coefficient (Wildman–Crippen LogP) is 0.458. The van der Waals surface area contributed by atoms with Crippen LogP contribution >= 0.6 is 0 Å². The van der Waals surface area contributed by atoms with Crippen LogP contribution in [-0.4, -0.2) is 56.2 Å². The third-order valence-corrected chi connectivity index (χ3v) is 3.95. The lowest BCUT2D eigenvalue weighted by Crippen LogP contribution is -2.40. The number of β-amino-alcohol motifs (C(OH)–C–C–N with tert-alkyl or cyclic N) is 1. The predicted molar refractivity (Wildman–Crippen MR) is 82.3 cm³/mol. The van der Waals surface area contributed by atoms with Gasteiger partial charge in [0, 0.05) is 12.7 Å². The molecule has 1 atom stereocenters. The Morgan fingerprint density at radius 3 is 2.91 bits per heavy atom. The number of carbonyl (C=O) groups excluding carboxylic acids is 1. The molecule has 1 amide bonds. The highest BCUT2D eigenvalue weighted by molar-refractivity contribution is 5.77. The van der Waals surface area contributed by atoms with Gasteiger partial charge in [-0.15, -0.1) is 5.10 Å². The zero-order valence-corrected chi connectivity index (χ0v) is 12.8. The molecule has 1 unspecified atom stereocenters. The first-order valence-electron chi connectivity index (χ1n) is 7.61. The lowest BCUT2D eigenvalue weighted by atomic mass is 10.0. The van der Waals surface area contributed by atoms with E-state index in [1.165, 1.54) is 0 Å².